The fourth-order valence-electron chi connectivity index (χ4n) is 1.36. The summed E-state index contributed by atoms with van der Waals surface area (Å²) in [6.45, 7) is 1.30. The van der Waals surface area contributed by atoms with Crippen LogP contribution in [0.25, 0.3) is 0 Å². The Hall–Kier alpha value is -1.43. The summed E-state index contributed by atoms with van der Waals surface area (Å²) in [5.41, 5.74) is 0.631. The molecule has 6 heteroatoms. The molecule has 1 unspecified atom stereocenters. The number of fused-ring (bicyclic) bond motifs is 1. The molecule has 0 spiro atoms. The van der Waals surface area contributed by atoms with Gasteiger partial charge in [0, 0.05) is 17.7 Å². The van der Waals surface area contributed by atoms with Crippen LogP contribution in [0.4, 0.5) is 0 Å². The van der Waals surface area contributed by atoms with Crippen LogP contribution >= 0.6 is 0 Å². The molecule has 6 nitrogen and oxygen atoms in total. The van der Waals surface area contributed by atoms with E-state index >= 15 is 0 Å². The first-order valence-electron chi connectivity index (χ1n) is 3.67. The van der Waals surface area contributed by atoms with Gasteiger partial charge in [-0.25, -0.2) is 5.32 Å². The van der Waals surface area contributed by atoms with Crippen LogP contribution in [0.5, 0.6) is 0 Å². The first-order valence-corrected chi connectivity index (χ1v) is 3.67. The van der Waals surface area contributed by atoms with Gasteiger partial charge in [-0.2, -0.15) is 5.10 Å². The third-order valence-corrected chi connectivity index (χ3v) is 1.90. The van der Waals surface area contributed by atoms with E-state index in [9.17, 15) is 10.1 Å². The van der Waals surface area contributed by atoms with Crippen LogP contribution in [0.1, 0.15) is 11.9 Å². The summed E-state index contributed by atoms with van der Waals surface area (Å²) in [6, 6.07) is 1.67. The Morgan fingerprint density at radius 1 is 1.83 bits per heavy atom. The molecule has 0 aromatic carbocycles. The van der Waals surface area contributed by atoms with Gasteiger partial charge in [0.25, 0.3) is 0 Å². The van der Waals surface area contributed by atoms with Crippen LogP contribution in [-0.4, -0.2) is 21.2 Å². The van der Waals surface area contributed by atoms with Crippen molar-refractivity contribution in [2.75, 3.05) is 6.54 Å². The Labute approximate surface area is 68.3 Å². The predicted molar refractivity (Wildman–Crippen MR) is 40.0 cm³/mol. The van der Waals surface area contributed by atoms with Crippen LogP contribution in [0.3, 0.4) is 0 Å². The number of hydrogen-bond donors (Lipinski definition) is 1. The Balaban J connectivity index is 2.37. The highest BCUT2D eigenvalue weighted by atomic mass is 16.6. The zero-order chi connectivity index (χ0) is 8.55. The quantitative estimate of drug-likeness (QED) is 0.464. The minimum absolute atomic E-state index is 0.341. The highest BCUT2D eigenvalue weighted by Crippen LogP contribution is 2.15. The average Bonchev–Trinajstić information content (AvgIpc) is 2.49. The summed E-state index contributed by atoms with van der Waals surface area (Å²) in [5, 5.41) is 17.3. The van der Waals surface area contributed by atoms with Crippen molar-refractivity contribution in [1.29, 1.82) is 0 Å². The largest absolute Gasteiger partial charge is 0.308 e. The molecule has 0 bridgehead atoms. The van der Waals surface area contributed by atoms with Gasteiger partial charge in [0.05, 0.1) is 6.54 Å². The Kier molecular flexibility index (Phi) is 1.54. The van der Waals surface area contributed by atoms with Crippen LogP contribution in [-0.2, 0) is 6.54 Å². The minimum Gasteiger partial charge on any atom is -0.262 e. The summed E-state index contributed by atoms with van der Waals surface area (Å²) in [7, 11) is 0. The second-order valence-electron chi connectivity index (χ2n) is 2.62. The van der Waals surface area contributed by atoms with E-state index in [4.69, 9.17) is 0 Å². The molecule has 1 atom stereocenters. The molecule has 0 saturated carbocycles. The zero-order valence-corrected chi connectivity index (χ0v) is 6.30. The van der Waals surface area contributed by atoms with Crippen molar-refractivity contribution in [2.24, 2.45) is 0 Å². The lowest BCUT2D eigenvalue weighted by molar-refractivity contribution is -0.538. The first-order chi connectivity index (χ1) is 5.79. The third-order valence-electron chi connectivity index (χ3n) is 1.90. The van der Waals surface area contributed by atoms with E-state index in [0.717, 1.165) is 0 Å². The molecule has 0 radical (unpaired) electrons. The van der Waals surface area contributed by atoms with Gasteiger partial charge in [-0.15, -0.1) is 0 Å². The highest BCUT2D eigenvalue weighted by molar-refractivity contribution is 5.05. The van der Waals surface area contributed by atoms with Gasteiger partial charge < -0.3 is 0 Å². The molecule has 0 fully saturated rings. The molecule has 1 aromatic rings. The van der Waals surface area contributed by atoms with Gasteiger partial charge in [0.1, 0.15) is 5.69 Å². The fraction of sp³-hybridized carbons (Fsp3) is 0.500. The lowest BCUT2D eigenvalue weighted by Crippen LogP contribution is -2.37. The Bertz CT molecular complexity index is 308. The molecule has 1 aromatic heterocycles. The van der Waals surface area contributed by atoms with Crippen LogP contribution in [0.2, 0.25) is 0 Å². The minimum atomic E-state index is -0.791. The summed E-state index contributed by atoms with van der Waals surface area (Å²) in [4.78, 5) is 10.2. The maximum atomic E-state index is 10.5. The average molecular weight is 168 g/mol. The van der Waals surface area contributed by atoms with Crippen LogP contribution in [0, 0.1) is 10.1 Å². The molecule has 0 saturated heterocycles. The zero-order valence-electron chi connectivity index (χ0n) is 6.30. The maximum absolute atomic E-state index is 10.5. The second kappa shape index (κ2) is 2.56. The van der Waals surface area contributed by atoms with Crippen molar-refractivity contribution >= 4 is 0 Å². The monoisotopic (exact) mass is 168 g/mol. The first kappa shape index (κ1) is 7.23. The smallest absolute Gasteiger partial charge is 0.262 e. The van der Waals surface area contributed by atoms with E-state index in [1.807, 2.05) is 0 Å². The van der Waals surface area contributed by atoms with Gasteiger partial charge in [-0.3, -0.25) is 14.8 Å². The van der Waals surface area contributed by atoms with Crippen LogP contribution < -0.4 is 5.32 Å². The number of aromatic nitrogens is 2. The number of hydrogen-bond acceptors (Lipinski definition) is 4. The van der Waals surface area contributed by atoms with Crippen molar-refractivity contribution < 1.29 is 4.92 Å². The van der Waals surface area contributed by atoms with E-state index in [-0.39, 0.29) is 4.92 Å². The van der Waals surface area contributed by atoms with Gasteiger partial charge in [-0.1, -0.05) is 0 Å². The number of rotatable bonds is 1. The number of nitrogens with zero attached hydrogens (tertiary/aromatic N) is 3. The second-order valence-corrected chi connectivity index (χ2v) is 2.62. The van der Waals surface area contributed by atoms with E-state index in [2.05, 4.69) is 10.4 Å². The summed E-state index contributed by atoms with van der Waals surface area (Å²) in [5.74, 6) is 0. The number of nitrogens with one attached hydrogen (secondary N) is 1. The lowest BCUT2D eigenvalue weighted by atomic mass is 10.3. The molecule has 1 aliphatic heterocycles. The molecule has 0 aliphatic carbocycles. The molecule has 64 valence electrons. The van der Waals surface area contributed by atoms with E-state index < -0.39 is 6.17 Å². The molecular formula is C6H8N4O2. The predicted octanol–water partition coefficient (Wildman–Crippen LogP) is -0.238. The van der Waals surface area contributed by atoms with Crippen molar-refractivity contribution in [1.82, 2.24) is 15.1 Å². The van der Waals surface area contributed by atoms with Gasteiger partial charge in [-0.05, 0) is 6.07 Å². The number of nitro groups is 1. The van der Waals surface area contributed by atoms with Gasteiger partial charge in [0.15, 0.2) is 0 Å². The van der Waals surface area contributed by atoms with Gasteiger partial charge in [0.2, 0.25) is 0 Å². The van der Waals surface area contributed by atoms with Crippen molar-refractivity contribution in [3.05, 3.63) is 28.1 Å². The van der Waals surface area contributed by atoms with Crippen LogP contribution in [0.15, 0.2) is 12.3 Å². The Morgan fingerprint density at radius 2 is 2.67 bits per heavy atom. The molecule has 2 heterocycles. The standard InChI is InChI=1S/C6H8N4O2/c11-10(12)6-5-1-2-8-9(5)4-3-7-6/h1-2,6-7H,3-4H2. The van der Waals surface area contributed by atoms with E-state index in [0.29, 0.717) is 18.8 Å². The summed E-state index contributed by atoms with van der Waals surface area (Å²) < 4.78 is 1.66. The highest BCUT2D eigenvalue weighted by Gasteiger charge is 2.28. The Morgan fingerprint density at radius 3 is 3.42 bits per heavy atom. The normalized spacial score (nSPS) is 21.8. The van der Waals surface area contributed by atoms with Crippen molar-refractivity contribution in [3.63, 3.8) is 0 Å². The molecule has 0 amide bonds. The third kappa shape index (κ3) is 0.964. The molecular weight excluding hydrogens is 160 g/mol. The molecule has 2 rings (SSSR count). The molecule has 1 aliphatic rings. The topological polar surface area (TPSA) is 73.0 Å². The molecule has 1 N–H and O–H groups in total. The van der Waals surface area contributed by atoms with E-state index in [1.54, 1.807) is 16.9 Å². The molecule has 12 heavy (non-hydrogen) atoms. The summed E-state index contributed by atoms with van der Waals surface area (Å²) in [6.07, 6.45) is 0.792. The lowest BCUT2D eigenvalue weighted by Gasteiger charge is -2.18. The maximum Gasteiger partial charge on any atom is 0.308 e. The van der Waals surface area contributed by atoms with E-state index in [1.165, 1.54) is 0 Å². The van der Waals surface area contributed by atoms with Gasteiger partial charge >= 0.3 is 6.17 Å². The summed E-state index contributed by atoms with van der Waals surface area (Å²) >= 11 is 0. The fourth-order valence-corrected chi connectivity index (χ4v) is 1.36. The SMILES string of the molecule is O=[N+]([O-])C1NCCn2nccc21. The van der Waals surface area contributed by atoms with Crippen molar-refractivity contribution in [3.8, 4) is 0 Å². The van der Waals surface area contributed by atoms with Crippen molar-refractivity contribution in [2.45, 2.75) is 12.7 Å².